The first-order valence-corrected chi connectivity index (χ1v) is 5.87. The van der Waals surface area contributed by atoms with Gasteiger partial charge >= 0.3 is 0 Å². The summed E-state index contributed by atoms with van der Waals surface area (Å²) in [6.07, 6.45) is 0.640. The van der Waals surface area contributed by atoms with Gasteiger partial charge in [-0.3, -0.25) is 0 Å². The first kappa shape index (κ1) is 14.1. The number of nitrogens with one attached hydrogen (secondary N) is 1. The first-order chi connectivity index (χ1) is 8.13. The minimum atomic E-state index is -0.564. The maximum Gasteiger partial charge on any atom is 0.130 e. The van der Waals surface area contributed by atoms with Crippen molar-refractivity contribution < 1.29 is 13.5 Å². The third kappa shape index (κ3) is 3.48. The Morgan fingerprint density at radius 3 is 2.47 bits per heavy atom. The predicted octanol–water partition coefficient (Wildman–Crippen LogP) is 3.04. The van der Waals surface area contributed by atoms with E-state index in [-0.39, 0.29) is 12.1 Å². The second kappa shape index (κ2) is 6.67. The number of likely N-dealkylation sites (N-methyl/N-ethyl adjacent to an activating group) is 1. The third-order valence-electron chi connectivity index (χ3n) is 2.76. The molecule has 0 aliphatic heterocycles. The Kier molecular flexibility index (Phi) is 5.51. The summed E-state index contributed by atoms with van der Waals surface area (Å²) >= 11 is 0. The molecule has 0 spiro atoms. The van der Waals surface area contributed by atoms with Crippen LogP contribution in [-0.2, 0) is 4.74 Å². The van der Waals surface area contributed by atoms with Gasteiger partial charge in [-0.05, 0) is 26.5 Å². The molecule has 0 amide bonds. The van der Waals surface area contributed by atoms with E-state index in [2.05, 4.69) is 5.32 Å². The molecule has 0 saturated heterocycles. The fourth-order valence-corrected chi connectivity index (χ4v) is 1.96. The number of benzene rings is 1. The maximum absolute atomic E-state index is 13.7. The molecule has 1 aromatic carbocycles. The average molecular weight is 243 g/mol. The monoisotopic (exact) mass is 243 g/mol. The Morgan fingerprint density at radius 1 is 1.29 bits per heavy atom. The molecule has 0 radical (unpaired) electrons. The minimum Gasteiger partial charge on any atom is -0.377 e. The van der Waals surface area contributed by atoms with Crippen molar-refractivity contribution in [2.45, 2.75) is 32.4 Å². The van der Waals surface area contributed by atoms with Gasteiger partial charge in [0.05, 0.1) is 12.1 Å². The summed E-state index contributed by atoms with van der Waals surface area (Å²) in [5.74, 6) is -1.10. The van der Waals surface area contributed by atoms with Crippen LogP contribution in [0.2, 0.25) is 0 Å². The normalized spacial score (nSPS) is 14.6. The zero-order chi connectivity index (χ0) is 12.8. The Balaban J connectivity index is 2.99. The van der Waals surface area contributed by atoms with Crippen LogP contribution >= 0.6 is 0 Å². The largest absolute Gasteiger partial charge is 0.377 e. The van der Waals surface area contributed by atoms with Gasteiger partial charge in [0, 0.05) is 18.2 Å². The van der Waals surface area contributed by atoms with Crippen LogP contribution in [0, 0.1) is 11.6 Å². The molecule has 17 heavy (non-hydrogen) atoms. The average Bonchev–Trinajstić information content (AvgIpc) is 2.31. The Hall–Kier alpha value is -1.00. The molecule has 1 aromatic rings. The van der Waals surface area contributed by atoms with Crippen molar-refractivity contribution in [2.24, 2.45) is 0 Å². The van der Waals surface area contributed by atoms with Crippen molar-refractivity contribution in [1.82, 2.24) is 5.32 Å². The van der Waals surface area contributed by atoms with E-state index in [4.69, 9.17) is 4.74 Å². The fourth-order valence-electron chi connectivity index (χ4n) is 1.96. The maximum atomic E-state index is 13.7. The Labute approximate surface area is 101 Å². The molecule has 0 fully saturated rings. The van der Waals surface area contributed by atoms with Crippen molar-refractivity contribution >= 4 is 0 Å². The standard InChI is InChI=1S/C13H19F2NO/c1-4-12(17-5-2)13(16-3)10-7-6-9(14)8-11(10)15/h6-8,12-13,16H,4-5H2,1-3H3. The molecule has 96 valence electrons. The number of rotatable bonds is 6. The van der Waals surface area contributed by atoms with E-state index in [1.165, 1.54) is 12.1 Å². The van der Waals surface area contributed by atoms with Crippen molar-refractivity contribution in [1.29, 1.82) is 0 Å². The van der Waals surface area contributed by atoms with Gasteiger partial charge in [-0.1, -0.05) is 13.0 Å². The highest BCUT2D eigenvalue weighted by molar-refractivity contribution is 5.23. The lowest BCUT2D eigenvalue weighted by Gasteiger charge is -2.26. The lowest BCUT2D eigenvalue weighted by Crippen LogP contribution is -2.32. The van der Waals surface area contributed by atoms with Crippen LogP contribution < -0.4 is 5.32 Å². The van der Waals surface area contributed by atoms with Gasteiger partial charge in [-0.2, -0.15) is 0 Å². The van der Waals surface area contributed by atoms with E-state index in [1.54, 1.807) is 7.05 Å². The van der Waals surface area contributed by atoms with Crippen molar-refractivity contribution in [3.63, 3.8) is 0 Å². The third-order valence-corrected chi connectivity index (χ3v) is 2.76. The van der Waals surface area contributed by atoms with E-state index < -0.39 is 11.6 Å². The van der Waals surface area contributed by atoms with Gasteiger partial charge in [0.1, 0.15) is 11.6 Å². The molecule has 2 atom stereocenters. The molecule has 1 N–H and O–H groups in total. The van der Waals surface area contributed by atoms with E-state index in [9.17, 15) is 8.78 Å². The molecular formula is C13H19F2NO. The molecule has 0 aliphatic carbocycles. The number of halogens is 2. The Morgan fingerprint density at radius 2 is 2.00 bits per heavy atom. The molecule has 0 aromatic heterocycles. The van der Waals surface area contributed by atoms with Crippen LogP contribution in [0.5, 0.6) is 0 Å². The van der Waals surface area contributed by atoms with E-state index in [0.29, 0.717) is 12.2 Å². The fraction of sp³-hybridized carbons (Fsp3) is 0.538. The summed E-state index contributed by atoms with van der Waals surface area (Å²) in [4.78, 5) is 0. The van der Waals surface area contributed by atoms with Gasteiger partial charge in [-0.15, -0.1) is 0 Å². The van der Waals surface area contributed by atoms with Crippen LogP contribution in [-0.4, -0.2) is 19.8 Å². The highest BCUT2D eigenvalue weighted by Gasteiger charge is 2.23. The number of hydrogen-bond acceptors (Lipinski definition) is 2. The van der Waals surface area contributed by atoms with Crippen LogP contribution in [0.1, 0.15) is 31.9 Å². The number of hydrogen-bond donors (Lipinski definition) is 1. The highest BCUT2D eigenvalue weighted by atomic mass is 19.1. The minimum absolute atomic E-state index is 0.120. The van der Waals surface area contributed by atoms with Gasteiger partial charge in [-0.25, -0.2) is 8.78 Å². The van der Waals surface area contributed by atoms with E-state index in [0.717, 1.165) is 12.5 Å². The van der Waals surface area contributed by atoms with E-state index in [1.807, 2.05) is 13.8 Å². The lowest BCUT2D eigenvalue weighted by molar-refractivity contribution is 0.0325. The molecule has 0 saturated carbocycles. The number of ether oxygens (including phenoxy) is 1. The van der Waals surface area contributed by atoms with Crippen LogP contribution in [0.25, 0.3) is 0 Å². The first-order valence-electron chi connectivity index (χ1n) is 5.87. The second-order valence-corrected chi connectivity index (χ2v) is 3.83. The summed E-state index contributed by atoms with van der Waals surface area (Å²) in [5.41, 5.74) is 0.439. The van der Waals surface area contributed by atoms with Crippen LogP contribution in [0.15, 0.2) is 18.2 Å². The quantitative estimate of drug-likeness (QED) is 0.829. The van der Waals surface area contributed by atoms with Crippen molar-refractivity contribution in [3.05, 3.63) is 35.4 Å². The highest BCUT2D eigenvalue weighted by Crippen LogP contribution is 2.24. The van der Waals surface area contributed by atoms with Gasteiger partial charge in [0.2, 0.25) is 0 Å². The molecule has 2 unspecified atom stereocenters. The smallest absolute Gasteiger partial charge is 0.130 e. The summed E-state index contributed by atoms with van der Waals surface area (Å²) in [6.45, 7) is 4.45. The summed E-state index contributed by atoms with van der Waals surface area (Å²) in [7, 11) is 1.75. The zero-order valence-corrected chi connectivity index (χ0v) is 10.5. The topological polar surface area (TPSA) is 21.3 Å². The molecule has 0 bridgehead atoms. The zero-order valence-electron chi connectivity index (χ0n) is 10.5. The van der Waals surface area contributed by atoms with E-state index >= 15 is 0 Å². The predicted molar refractivity (Wildman–Crippen MR) is 63.9 cm³/mol. The SMILES string of the molecule is CCOC(CC)C(NC)c1ccc(F)cc1F. The molecule has 2 nitrogen and oxygen atoms in total. The van der Waals surface area contributed by atoms with Gasteiger partial charge < -0.3 is 10.1 Å². The van der Waals surface area contributed by atoms with Crippen LogP contribution in [0.3, 0.4) is 0 Å². The molecular weight excluding hydrogens is 224 g/mol. The summed E-state index contributed by atoms with van der Waals surface area (Å²) in [5, 5.41) is 3.03. The molecule has 1 rings (SSSR count). The van der Waals surface area contributed by atoms with Crippen molar-refractivity contribution in [3.8, 4) is 0 Å². The van der Waals surface area contributed by atoms with Gasteiger partial charge in [0.25, 0.3) is 0 Å². The summed E-state index contributed by atoms with van der Waals surface area (Å²) in [6, 6.07) is 3.37. The van der Waals surface area contributed by atoms with Gasteiger partial charge in [0.15, 0.2) is 0 Å². The second-order valence-electron chi connectivity index (χ2n) is 3.83. The van der Waals surface area contributed by atoms with Crippen LogP contribution in [0.4, 0.5) is 8.78 Å². The van der Waals surface area contributed by atoms with Crippen molar-refractivity contribution in [2.75, 3.05) is 13.7 Å². The lowest BCUT2D eigenvalue weighted by atomic mass is 9.99. The Bertz CT molecular complexity index is 357. The molecule has 0 heterocycles. The molecule has 4 heteroatoms. The molecule has 0 aliphatic rings. The summed E-state index contributed by atoms with van der Waals surface area (Å²) < 4.78 is 32.1.